The van der Waals surface area contributed by atoms with Gasteiger partial charge in [-0.1, -0.05) is 0 Å². The number of rotatable bonds is 1. The predicted octanol–water partition coefficient (Wildman–Crippen LogP) is 0.400. The third-order valence-electron chi connectivity index (χ3n) is 2.99. The molecule has 0 bridgehead atoms. The summed E-state index contributed by atoms with van der Waals surface area (Å²) in [6.07, 6.45) is 5.61. The number of aryl methyl sites for hydroxylation is 2. The van der Waals surface area contributed by atoms with Crippen molar-refractivity contribution in [2.24, 2.45) is 18.7 Å². The predicted molar refractivity (Wildman–Crippen MR) is 52.5 cm³/mol. The van der Waals surface area contributed by atoms with E-state index in [1.165, 1.54) is 11.3 Å². The molecule has 0 spiro atoms. The van der Waals surface area contributed by atoms with Crippen LogP contribution in [0, 0.1) is 5.92 Å². The van der Waals surface area contributed by atoms with Crippen LogP contribution in [0.5, 0.6) is 0 Å². The SMILES string of the molecule is Cn1ncc2c1C[C@@H](C(N)=O)CCC2. The number of nitrogens with two attached hydrogens (primary N) is 1. The van der Waals surface area contributed by atoms with Crippen LogP contribution in [-0.4, -0.2) is 15.7 Å². The summed E-state index contributed by atoms with van der Waals surface area (Å²) in [5.74, 6) is -0.189. The topological polar surface area (TPSA) is 60.9 Å². The second kappa shape index (κ2) is 3.44. The summed E-state index contributed by atoms with van der Waals surface area (Å²) in [4.78, 5) is 11.1. The summed E-state index contributed by atoms with van der Waals surface area (Å²) in [6, 6.07) is 0. The minimum atomic E-state index is -0.181. The molecule has 4 heteroatoms. The number of aromatic nitrogens is 2. The van der Waals surface area contributed by atoms with Gasteiger partial charge >= 0.3 is 0 Å². The molecule has 2 rings (SSSR count). The number of fused-ring (bicyclic) bond motifs is 1. The van der Waals surface area contributed by atoms with Gasteiger partial charge < -0.3 is 5.73 Å². The van der Waals surface area contributed by atoms with Gasteiger partial charge in [0.25, 0.3) is 0 Å². The number of amides is 1. The van der Waals surface area contributed by atoms with Gasteiger partial charge in [0.2, 0.25) is 5.91 Å². The second-order valence-electron chi connectivity index (χ2n) is 3.94. The zero-order valence-electron chi connectivity index (χ0n) is 8.36. The average molecular weight is 193 g/mol. The first kappa shape index (κ1) is 9.24. The molecule has 2 N–H and O–H groups in total. The first-order valence-electron chi connectivity index (χ1n) is 4.97. The molecule has 1 aromatic heterocycles. The van der Waals surface area contributed by atoms with Gasteiger partial charge in [0.1, 0.15) is 0 Å². The van der Waals surface area contributed by atoms with Crippen LogP contribution in [0.25, 0.3) is 0 Å². The monoisotopic (exact) mass is 193 g/mol. The molecule has 1 aliphatic rings. The van der Waals surface area contributed by atoms with E-state index in [9.17, 15) is 4.79 Å². The first-order valence-corrected chi connectivity index (χ1v) is 4.97. The molecule has 1 aromatic rings. The summed E-state index contributed by atoms with van der Waals surface area (Å²) in [6.45, 7) is 0. The molecule has 0 fully saturated rings. The molecule has 0 saturated heterocycles. The molecule has 0 aliphatic heterocycles. The van der Waals surface area contributed by atoms with Gasteiger partial charge in [-0.15, -0.1) is 0 Å². The van der Waals surface area contributed by atoms with E-state index in [0.717, 1.165) is 25.7 Å². The molecule has 1 amide bonds. The van der Waals surface area contributed by atoms with E-state index in [2.05, 4.69) is 5.10 Å². The van der Waals surface area contributed by atoms with E-state index < -0.39 is 0 Å². The van der Waals surface area contributed by atoms with Crippen molar-refractivity contribution in [3.63, 3.8) is 0 Å². The van der Waals surface area contributed by atoms with Crippen LogP contribution in [0.1, 0.15) is 24.1 Å². The molecule has 0 saturated carbocycles. The number of primary amides is 1. The average Bonchev–Trinajstić information content (AvgIpc) is 2.40. The van der Waals surface area contributed by atoms with Crippen molar-refractivity contribution in [2.45, 2.75) is 25.7 Å². The van der Waals surface area contributed by atoms with Gasteiger partial charge in [0, 0.05) is 25.1 Å². The Hall–Kier alpha value is -1.32. The van der Waals surface area contributed by atoms with Crippen molar-refractivity contribution in [3.8, 4) is 0 Å². The van der Waals surface area contributed by atoms with E-state index in [-0.39, 0.29) is 11.8 Å². The smallest absolute Gasteiger partial charge is 0.220 e. The van der Waals surface area contributed by atoms with E-state index in [0.29, 0.717) is 0 Å². The van der Waals surface area contributed by atoms with Crippen molar-refractivity contribution in [2.75, 3.05) is 0 Å². The number of carbonyl (C=O) groups is 1. The molecular weight excluding hydrogens is 178 g/mol. The molecule has 1 aliphatic carbocycles. The summed E-state index contributed by atoms with van der Waals surface area (Å²) in [5, 5.41) is 4.20. The zero-order chi connectivity index (χ0) is 10.1. The van der Waals surface area contributed by atoms with Crippen LogP contribution in [0.4, 0.5) is 0 Å². The van der Waals surface area contributed by atoms with Gasteiger partial charge in [-0.05, 0) is 24.8 Å². The van der Waals surface area contributed by atoms with Crippen LogP contribution >= 0.6 is 0 Å². The normalized spacial score (nSPS) is 21.4. The molecule has 14 heavy (non-hydrogen) atoms. The van der Waals surface area contributed by atoms with Crippen LogP contribution in [-0.2, 0) is 24.7 Å². The molecule has 1 heterocycles. The maximum atomic E-state index is 11.1. The molecule has 76 valence electrons. The minimum absolute atomic E-state index is 0.00773. The highest BCUT2D eigenvalue weighted by atomic mass is 16.1. The number of carbonyl (C=O) groups excluding carboxylic acids is 1. The highest BCUT2D eigenvalue weighted by Crippen LogP contribution is 2.23. The highest BCUT2D eigenvalue weighted by Gasteiger charge is 2.23. The molecular formula is C10H15N3O. The van der Waals surface area contributed by atoms with E-state index >= 15 is 0 Å². The molecule has 1 atom stereocenters. The van der Waals surface area contributed by atoms with Crippen LogP contribution < -0.4 is 5.73 Å². The van der Waals surface area contributed by atoms with Gasteiger partial charge in [0.15, 0.2) is 0 Å². The Balaban J connectivity index is 2.29. The largest absolute Gasteiger partial charge is 0.369 e. The summed E-state index contributed by atoms with van der Waals surface area (Å²) >= 11 is 0. The Labute approximate surface area is 83.1 Å². The second-order valence-corrected chi connectivity index (χ2v) is 3.94. The maximum absolute atomic E-state index is 11.1. The number of hydrogen-bond acceptors (Lipinski definition) is 2. The van der Waals surface area contributed by atoms with E-state index in [1.807, 2.05) is 17.9 Å². The van der Waals surface area contributed by atoms with Crippen molar-refractivity contribution < 1.29 is 4.79 Å². The van der Waals surface area contributed by atoms with Crippen LogP contribution in [0.15, 0.2) is 6.20 Å². The Bertz CT molecular complexity index is 356. The minimum Gasteiger partial charge on any atom is -0.369 e. The van der Waals surface area contributed by atoms with Crippen molar-refractivity contribution in [3.05, 3.63) is 17.5 Å². The lowest BCUT2D eigenvalue weighted by atomic mass is 9.99. The van der Waals surface area contributed by atoms with Gasteiger partial charge in [-0.3, -0.25) is 9.48 Å². The third-order valence-corrected chi connectivity index (χ3v) is 2.99. The van der Waals surface area contributed by atoms with Crippen molar-refractivity contribution >= 4 is 5.91 Å². The van der Waals surface area contributed by atoms with Crippen LogP contribution in [0.2, 0.25) is 0 Å². The van der Waals surface area contributed by atoms with Crippen molar-refractivity contribution in [1.82, 2.24) is 9.78 Å². The Kier molecular flexibility index (Phi) is 2.27. The van der Waals surface area contributed by atoms with Crippen LogP contribution in [0.3, 0.4) is 0 Å². The lowest BCUT2D eigenvalue weighted by molar-refractivity contribution is -0.122. The van der Waals surface area contributed by atoms with Gasteiger partial charge in [0.05, 0.1) is 6.20 Å². The fourth-order valence-corrected chi connectivity index (χ4v) is 2.10. The highest BCUT2D eigenvalue weighted by molar-refractivity contribution is 5.77. The Morgan fingerprint density at radius 1 is 1.71 bits per heavy atom. The standard InChI is InChI=1S/C10H15N3O/c1-13-9-5-7(10(11)14)3-2-4-8(9)6-12-13/h6-7H,2-5H2,1H3,(H2,11,14)/t7-/m0/s1. The zero-order valence-corrected chi connectivity index (χ0v) is 8.36. The quantitative estimate of drug-likeness (QED) is 0.656. The Morgan fingerprint density at radius 3 is 3.21 bits per heavy atom. The third kappa shape index (κ3) is 1.52. The first-order chi connectivity index (χ1) is 6.68. The molecule has 0 radical (unpaired) electrons. The fraction of sp³-hybridized carbons (Fsp3) is 0.600. The number of nitrogens with zero attached hydrogens (tertiary/aromatic N) is 2. The van der Waals surface area contributed by atoms with Gasteiger partial charge in [-0.25, -0.2) is 0 Å². The molecule has 0 aromatic carbocycles. The van der Waals surface area contributed by atoms with E-state index in [4.69, 9.17) is 5.73 Å². The van der Waals surface area contributed by atoms with E-state index in [1.54, 1.807) is 0 Å². The summed E-state index contributed by atoms with van der Waals surface area (Å²) in [7, 11) is 1.92. The maximum Gasteiger partial charge on any atom is 0.220 e. The fourth-order valence-electron chi connectivity index (χ4n) is 2.10. The summed E-state index contributed by atoms with van der Waals surface area (Å²) < 4.78 is 1.86. The molecule has 4 nitrogen and oxygen atoms in total. The lowest BCUT2D eigenvalue weighted by Crippen LogP contribution is -2.25. The summed E-state index contributed by atoms with van der Waals surface area (Å²) in [5.41, 5.74) is 7.79. The number of hydrogen-bond donors (Lipinski definition) is 1. The Morgan fingerprint density at radius 2 is 2.50 bits per heavy atom. The van der Waals surface area contributed by atoms with Crippen molar-refractivity contribution in [1.29, 1.82) is 0 Å². The van der Waals surface area contributed by atoms with Gasteiger partial charge in [-0.2, -0.15) is 5.10 Å². The lowest BCUT2D eigenvalue weighted by Gasteiger charge is -2.09. The molecule has 0 unspecified atom stereocenters.